The van der Waals surface area contributed by atoms with Gasteiger partial charge in [0.1, 0.15) is 0 Å². The van der Waals surface area contributed by atoms with E-state index in [1.54, 1.807) is 0 Å². The Kier molecular flexibility index (Phi) is 5.35. The van der Waals surface area contributed by atoms with Gasteiger partial charge in [-0.05, 0) is 36.3 Å². The van der Waals surface area contributed by atoms with Crippen LogP contribution in [-0.4, -0.2) is 29.3 Å². The van der Waals surface area contributed by atoms with Crippen LogP contribution >= 0.6 is 11.8 Å². The van der Waals surface area contributed by atoms with Crippen LogP contribution in [0.3, 0.4) is 0 Å². The Morgan fingerprint density at radius 2 is 2.00 bits per heavy atom. The van der Waals surface area contributed by atoms with Gasteiger partial charge in [-0.3, -0.25) is 0 Å². The Morgan fingerprint density at radius 3 is 2.50 bits per heavy atom. The van der Waals surface area contributed by atoms with Gasteiger partial charge in [0.25, 0.3) is 0 Å². The predicted octanol–water partition coefficient (Wildman–Crippen LogP) is 3.22. The van der Waals surface area contributed by atoms with E-state index in [1.807, 2.05) is 11.8 Å². The van der Waals surface area contributed by atoms with Crippen LogP contribution < -0.4 is 5.32 Å². The van der Waals surface area contributed by atoms with Gasteiger partial charge in [-0.1, -0.05) is 12.1 Å². The summed E-state index contributed by atoms with van der Waals surface area (Å²) >= 11 is 1.86. The molecule has 0 aliphatic carbocycles. The fourth-order valence-corrected chi connectivity index (χ4v) is 3.40. The second-order valence-corrected chi connectivity index (χ2v) is 6.09. The third kappa shape index (κ3) is 4.14. The Balaban J connectivity index is 2.03. The second-order valence-electron chi connectivity index (χ2n) is 4.94. The van der Waals surface area contributed by atoms with E-state index in [9.17, 15) is 18.3 Å². The highest BCUT2D eigenvalue weighted by Crippen LogP contribution is 2.30. The van der Waals surface area contributed by atoms with Gasteiger partial charge in [0.15, 0.2) is 0 Å². The van der Waals surface area contributed by atoms with Crippen molar-refractivity contribution in [2.24, 2.45) is 0 Å². The molecule has 1 heterocycles. The molecule has 0 aromatic heterocycles. The Hall–Kier alpha value is -0.720. The first-order chi connectivity index (χ1) is 9.50. The highest BCUT2D eigenvalue weighted by molar-refractivity contribution is 7.99. The minimum absolute atomic E-state index is 0.119. The smallest absolute Gasteiger partial charge is 0.394 e. The SMILES string of the molecule is OCC(NC1CCCSC1)c1ccc(C(F)(F)F)cc1. The van der Waals surface area contributed by atoms with Gasteiger partial charge in [0, 0.05) is 11.8 Å². The molecule has 1 aliphatic heterocycles. The molecule has 2 N–H and O–H groups in total. The molecule has 112 valence electrons. The lowest BCUT2D eigenvalue weighted by Gasteiger charge is -2.27. The number of hydrogen-bond acceptors (Lipinski definition) is 3. The molecule has 6 heteroatoms. The summed E-state index contributed by atoms with van der Waals surface area (Å²) in [6.45, 7) is -0.119. The molecule has 0 radical (unpaired) electrons. The van der Waals surface area contributed by atoms with E-state index in [-0.39, 0.29) is 12.6 Å². The van der Waals surface area contributed by atoms with Gasteiger partial charge >= 0.3 is 6.18 Å². The van der Waals surface area contributed by atoms with Gasteiger partial charge in [-0.2, -0.15) is 24.9 Å². The van der Waals surface area contributed by atoms with Crippen LogP contribution in [0, 0.1) is 0 Å². The third-order valence-electron chi connectivity index (χ3n) is 3.42. The van der Waals surface area contributed by atoms with Crippen molar-refractivity contribution in [1.29, 1.82) is 0 Å². The van der Waals surface area contributed by atoms with Crippen LogP contribution in [0.4, 0.5) is 13.2 Å². The summed E-state index contributed by atoms with van der Waals surface area (Å²) in [6, 6.07) is 5.01. The topological polar surface area (TPSA) is 32.3 Å². The Labute approximate surface area is 120 Å². The number of alkyl halides is 3. The van der Waals surface area contributed by atoms with E-state index in [1.165, 1.54) is 12.1 Å². The van der Waals surface area contributed by atoms with Crippen molar-refractivity contribution in [2.45, 2.75) is 31.1 Å². The van der Waals surface area contributed by atoms with E-state index < -0.39 is 11.7 Å². The zero-order valence-electron chi connectivity index (χ0n) is 11.0. The standard InChI is InChI=1S/C14H18F3NOS/c15-14(16,17)11-5-3-10(4-6-11)13(8-19)18-12-2-1-7-20-9-12/h3-6,12-13,18-19H,1-2,7-9H2. The van der Waals surface area contributed by atoms with Crippen LogP contribution in [0.1, 0.15) is 30.0 Å². The first kappa shape index (κ1) is 15.7. The molecule has 1 aliphatic rings. The number of benzene rings is 1. The summed E-state index contributed by atoms with van der Waals surface area (Å²) in [5, 5.41) is 12.8. The zero-order chi connectivity index (χ0) is 14.6. The number of aliphatic hydroxyl groups excluding tert-OH is 1. The van der Waals surface area contributed by atoms with Gasteiger partial charge in [-0.15, -0.1) is 0 Å². The fraction of sp³-hybridized carbons (Fsp3) is 0.571. The maximum absolute atomic E-state index is 12.5. The van der Waals surface area contributed by atoms with Gasteiger partial charge in [0.05, 0.1) is 18.2 Å². The average Bonchev–Trinajstić information content (AvgIpc) is 2.45. The zero-order valence-corrected chi connectivity index (χ0v) is 11.8. The fourth-order valence-electron chi connectivity index (χ4n) is 2.32. The monoisotopic (exact) mass is 305 g/mol. The largest absolute Gasteiger partial charge is 0.416 e. The molecule has 2 atom stereocenters. The van der Waals surface area contributed by atoms with Crippen LogP contribution in [0.25, 0.3) is 0 Å². The molecule has 0 saturated carbocycles. The molecule has 20 heavy (non-hydrogen) atoms. The molecule has 0 amide bonds. The summed E-state index contributed by atoms with van der Waals surface area (Å²) in [4.78, 5) is 0. The lowest BCUT2D eigenvalue weighted by atomic mass is 10.0. The molecule has 0 spiro atoms. The predicted molar refractivity (Wildman–Crippen MR) is 74.8 cm³/mol. The first-order valence-electron chi connectivity index (χ1n) is 6.62. The number of hydrogen-bond donors (Lipinski definition) is 2. The molecule has 0 bridgehead atoms. The quantitative estimate of drug-likeness (QED) is 0.896. The summed E-state index contributed by atoms with van der Waals surface area (Å²) in [6.07, 6.45) is -2.14. The van der Waals surface area contributed by atoms with E-state index >= 15 is 0 Å². The minimum Gasteiger partial charge on any atom is -0.394 e. The lowest BCUT2D eigenvalue weighted by Crippen LogP contribution is -2.38. The van der Waals surface area contributed by atoms with Gasteiger partial charge in [-0.25, -0.2) is 0 Å². The van der Waals surface area contributed by atoms with E-state index in [4.69, 9.17) is 0 Å². The normalized spacial score (nSPS) is 21.7. The first-order valence-corrected chi connectivity index (χ1v) is 7.78. The van der Waals surface area contributed by atoms with Crippen LogP contribution in [0.5, 0.6) is 0 Å². The van der Waals surface area contributed by atoms with E-state index in [2.05, 4.69) is 5.32 Å². The highest BCUT2D eigenvalue weighted by atomic mass is 32.2. The summed E-state index contributed by atoms with van der Waals surface area (Å²) in [5.74, 6) is 2.14. The molecule has 2 unspecified atom stereocenters. The second kappa shape index (κ2) is 6.83. The van der Waals surface area contributed by atoms with Crippen molar-refractivity contribution in [3.05, 3.63) is 35.4 Å². The van der Waals surface area contributed by atoms with Crippen molar-refractivity contribution in [2.75, 3.05) is 18.1 Å². The maximum Gasteiger partial charge on any atom is 0.416 e. The number of rotatable bonds is 4. The molecular formula is C14H18F3NOS. The van der Waals surface area contributed by atoms with Crippen molar-refractivity contribution < 1.29 is 18.3 Å². The van der Waals surface area contributed by atoms with Crippen molar-refractivity contribution in [3.63, 3.8) is 0 Å². The molecule has 2 nitrogen and oxygen atoms in total. The molecular weight excluding hydrogens is 287 g/mol. The molecule has 1 aromatic carbocycles. The Morgan fingerprint density at radius 1 is 1.30 bits per heavy atom. The summed E-state index contributed by atoms with van der Waals surface area (Å²) < 4.78 is 37.5. The Bertz CT molecular complexity index is 415. The molecule has 1 fully saturated rings. The van der Waals surface area contributed by atoms with Crippen molar-refractivity contribution in [3.8, 4) is 0 Å². The van der Waals surface area contributed by atoms with Crippen molar-refractivity contribution in [1.82, 2.24) is 5.32 Å². The summed E-state index contributed by atoms with van der Waals surface area (Å²) in [7, 11) is 0. The minimum atomic E-state index is -4.32. The lowest BCUT2D eigenvalue weighted by molar-refractivity contribution is -0.137. The number of aliphatic hydroxyl groups is 1. The summed E-state index contributed by atoms with van der Waals surface area (Å²) in [5.41, 5.74) is 0.0298. The maximum atomic E-state index is 12.5. The van der Waals surface area contributed by atoms with Crippen LogP contribution in [0.2, 0.25) is 0 Å². The number of nitrogens with one attached hydrogen (secondary N) is 1. The van der Waals surface area contributed by atoms with Crippen molar-refractivity contribution >= 4 is 11.8 Å². The molecule has 1 aromatic rings. The number of halogens is 3. The van der Waals surface area contributed by atoms with Gasteiger partial charge < -0.3 is 10.4 Å². The van der Waals surface area contributed by atoms with E-state index in [0.717, 1.165) is 36.5 Å². The molecule has 1 saturated heterocycles. The van der Waals surface area contributed by atoms with E-state index in [0.29, 0.717) is 11.6 Å². The van der Waals surface area contributed by atoms with Crippen LogP contribution in [0.15, 0.2) is 24.3 Å². The third-order valence-corrected chi connectivity index (χ3v) is 4.64. The highest BCUT2D eigenvalue weighted by Gasteiger charge is 2.30. The molecule has 2 rings (SSSR count). The number of thioether (sulfide) groups is 1. The van der Waals surface area contributed by atoms with Gasteiger partial charge in [0.2, 0.25) is 0 Å². The average molecular weight is 305 g/mol. The van der Waals surface area contributed by atoms with Crippen LogP contribution in [-0.2, 0) is 6.18 Å².